The quantitative estimate of drug-likeness (QED) is 0.850. The third-order valence-electron chi connectivity index (χ3n) is 5.56. The summed E-state index contributed by atoms with van der Waals surface area (Å²) in [6.45, 7) is 3.66. The first-order chi connectivity index (χ1) is 11.7. The molecule has 2 bridgehead atoms. The molecule has 0 radical (unpaired) electrons. The fraction of sp³-hybridized carbons (Fsp3) is 0.444. The number of hydrogen-bond donors (Lipinski definition) is 0. The van der Waals surface area contributed by atoms with Crippen molar-refractivity contribution in [3.8, 4) is 11.3 Å². The van der Waals surface area contributed by atoms with E-state index in [-0.39, 0.29) is 11.7 Å². The number of piperidine rings is 3. The van der Waals surface area contributed by atoms with Gasteiger partial charge in [-0.05, 0) is 44.1 Å². The summed E-state index contributed by atoms with van der Waals surface area (Å²) < 4.78 is 11.8. The fourth-order valence-corrected chi connectivity index (χ4v) is 4.32. The van der Waals surface area contributed by atoms with Crippen LogP contribution in [0.1, 0.15) is 12.8 Å². The van der Waals surface area contributed by atoms with E-state index in [0.29, 0.717) is 24.1 Å². The number of hydrogen-bond acceptors (Lipinski definition) is 5. The Labute approximate surface area is 140 Å². The number of furan rings is 1. The molecule has 1 spiro atoms. The molecule has 2 aromatic heterocycles. The Bertz CT molecular complexity index is 767. The number of carbonyl (C=O) groups is 1. The molecule has 6 nitrogen and oxygen atoms in total. The first kappa shape index (κ1) is 14.0. The molecule has 0 saturated carbocycles. The summed E-state index contributed by atoms with van der Waals surface area (Å²) in [4.78, 5) is 20.6. The number of carbonyl (C=O) groups excluding carboxylic acids is 1. The van der Waals surface area contributed by atoms with E-state index in [0.717, 1.165) is 38.0 Å². The standard InChI is InChI=1S/C18H19N3O3/c22-17-21(12-18(24-17)11-20-8-5-14(18)6-9-20)16-4-3-15(23-16)13-2-1-7-19-10-13/h1-4,7,10,14H,5-6,8-9,11-12H2. The van der Waals surface area contributed by atoms with E-state index in [1.165, 1.54) is 0 Å². The van der Waals surface area contributed by atoms with E-state index in [1.807, 2.05) is 24.3 Å². The minimum absolute atomic E-state index is 0.296. The van der Waals surface area contributed by atoms with Crippen molar-refractivity contribution < 1.29 is 13.9 Å². The first-order valence-electron chi connectivity index (χ1n) is 8.47. The average molecular weight is 325 g/mol. The summed E-state index contributed by atoms with van der Waals surface area (Å²) in [7, 11) is 0. The van der Waals surface area contributed by atoms with Gasteiger partial charge in [0.1, 0.15) is 11.4 Å². The van der Waals surface area contributed by atoms with Crippen molar-refractivity contribution in [3.05, 3.63) is 36.7 Å². The van der Waals surface area contributed by atoms with Crippen LogP contribution in [0.25, 0.3) is 11.3 Å². The van der Waals surface area contributed by atoms with Gasteiger partial charge in [0.25, 0.3) is 0 Å². The molecule has 1 unspecified atom stereocenters. The van der Waals surface area contributed by atoms with Crippen LogP contribution < -0.4 is 4.90 Å². The third-order valence-corrected chi connectivity index (χ3v) is 5.56. The highest BCUT2D eigenvalue weighted by atomic mass is 16.6. The molecule has 4 fully saturated rings. The minimum Gasteiger partial charge on any atom is -0.440 e. The molecule has 1 atom stereocenters. The van der Waals surface area contributed by atoms with Crippen LogP contribution in [0.5, 0.6) is 0 Å². The zero-order chi connectivity index (χ0) is 16.1. The first-order valence-corrected chi connectivity index (χ1v) is 8.47. The Kier molecular flexibility index (Phi) is 2.97. The van der Waals surface area contributed by atoms with Gasteiger partial charge in [-0.3, -0.25) is 9.88 Å². The van der Waals surface area contributed by atoms with Crippen LogP contribution in [-0.2, 0) is 4.74 Å². The molecule has 6 rings (SSSR count). The van der Waals surface area contributed by atoms with Gasteiger partial charge in [0.05, 0.1) is 6.54 Å². The Morgan fingerprint density at radius 3 is 2.75 bits per heavy atom. The number of aromatic nitrogens is 1. The van der Waals surface area contributed by atoms with Crippen LogP contribution in [0.4, 0.5) is 10.7 Å². The van der Waals surface area contributed by atoms with E-state index in [9.17, 15) is 4.79 Å². The molecular formula is C18H19N3O3. The van der Waals surface area contributed by atoms with Gasteiger partial charge in [-0.25, -0.2) is 9.69 Å². The second-order valence-electron chi connectivity index (χ2n) is 6.95. The van der Waals surface area contributed by atoms with E-state index >= 15 is 0 Å². The number of nitrogens with zero attached hydrogens (tertiary/aromatic N) is 3. The Morgan fingerprint density at radius 1 is 1.17 bits per heavy atom. The Hall–Kier alpha value is -2.34. The van der Waals surface area contributed by atoms with Gasteiger partial charge in [-0.1, -0.05) is 0 Å². The lowest BCUT2D eigenvalue weighted by Gasteiger charge is -2.49. The van der Waals surface area contributed by atoms with Gasteiger partial charge in [0, 0.05) is 36.5 Å². The summed E-state index contributed by atoms with van der Waals surface area (Å²) in [5, 5.41) is 0. The normalized spacial score (nSPS) is 31.7. The maximum atomic E-state index is 12.5. The lowest BCUT2D eigenvalue weighted by Crippen LogP contribution is -2.61. The summed E-state index contributed by atoms with van der Waals surface area (Å²) in [5.74, 6) is 1.72. The lowest BCUT2D eigenvalue weighted by molar-refractivity contribution is -0.0881. The highest BCUT2D eigenvalue weighted by Gasteiger charge is 2.56. The van der Waals surface area contributed by atoms with E-state index < -0.39 is 0 Å². The molecule has 6 heteroatoms. The number of amides is 1. The van der Waals surface area contributed by atoms with Crippen LogP contribution in [0.15, 0.2) is 41.1 Å². The van der Waals surface area contributed by atoms with Crippen molar-refractivity contribution >= 4 is 12.0 Å². The highest BCUT2D eigenvalue weighted by molar-refractivity contribution is 5.89. The van der Waals surface area contributed by atoms with E-state index in [1.54, 1.807) is 17.3 Å². The fourth-order valence-electron chi connectivity index (χ4n) is 4.32. The molecule has 1 amide bonds. The number of ether oxygens (including phenoxy) is 1. The topological polar surface area (TPSA) is 58.8 Å². The maximum Gasteiger partial charge on any atom is 0.417 e. The van der Waals surface area contributed by atoms with Gasteiger partial charge >= 0.3 is 6.09 Å². The molecule has 4 aliphatic rings. The molecular weight excluding hydrogens is 306 g/mol. The highest BCUT2D eigenvalue weighted by Crippen LogP contribution is 2.43. The molecule has 4 aliphatic heterocycles. The number of anilines is 1. The van der Waals surface area contributed by atoms with Gasteiger partial charge in [0.2, 0.25) is 5.88 Å². The number of rotatable bonds is 2. The van der Waals surface area contributed by atoms with Crippen LogP contribution >= 0.6 is 0 Å². The van der Waals surface area contributed by atoms with Crippen LogP contribution in [0.2, 0.25) is 0 Å². The van der Waals surface area contributed by atoms with Crippen molar-refractivity contribution in [2.45, 2.75) is 18.4 Å². The molecule has 6 heterocycles. The molecule has 0 aliphatic carbocycles. The largest absolute Gasteiger partial charge is 0.440 e. The smallest absolute Gasteiger partial charge is 0.417 e. The second kappa shape index (κ2) is 5.08. The van der Waals surface area contributed by atoms with Crippen molar-refractivity contribution in [1.82, 2.24) is 9.88 Å². The number of fused-ring (bicyclic) bond motifs is 2. The minimum atomic E-state index is -0.366. The van der Waals surface area contributed by atoms with Crippen LogP contribution in [-0.4, -0.2) is 47.8 Å². The summed E-state index contributed by atoms with van der Waals surface area (Å²) in [6.07, 6.45) is 5.40. The van der Waals surface area contributed by atoms with Gasteiger partial charge in [-0.2, -0.15) is 0 Å². The molecule has 0 N–H and O–H groups in total. The SMILES string of the molecule is O=C1OC2(CN3CCC2CC3)CN1c1ccc(-c2cccnc2)o1. The van der Waals surface area contributed by atoms with E-state index in [4.69, 9.17) is 9.15 Å². The van der Waals surface area contributed by atoms with Crippen molar-refractivity contribution in [2.24, 2.45) is 5.92 Å². The average Bonchev–Trinajstić information content (AvgIpc) is 3.22. The molecule has 24 heavy (non-hydrogen) atoms. The van der Waals surface area contributed by atoms with Gasteiger partial charge < -0.3 is 9.15 Å². The maximum absolute atomic E-state index is 12.5. The van der Waals surface area contributed by atoms with Crippen molar-refractivity contribution in [2.75, 3.05) is 31.1 Å². The van der Waals surface area contributed by atoms with Crippen molar-refractivity contribution in [3.63, 3.8) is 0 Å². The molecule has 4 saturated heterocycles. The predicted molar refractivity (Wildman–Crippen MR) is 87.7 cm³/mol. The Balaban J connectivity index is 1.42. The van der Waals surface area contributed by atoms with Gasteiger partial charge in [-0.15, -0.1) is 0 Å². The number of pyridine rings is 1. The van der Waals surface area contributed by atoms with Crippen LogP contribution in [0.3, 0.4) is 0 Å². The second-order valence-corrected chi connectivity index (χ2v) is 6.95. The predicted octanol–water partition coefficient (Wildman–Crippen LogP) is 2.76. The Morgan fingerprint density at radius 2 is 2.04 bits per heavy atom. The van der Waals surface area contributed by atoms with Crippen molar-refractivity contribution in [1.29, 1.82) is 0 Å². The van der Waals surface area contributed by atoms with Gasteiger partial charge in [0.15, 0.2) is 0 Å². The molecule has 2 aromatic rings. The summed E-state index contributed by atoms with van der Waals surface area (Å²) >= 11 is 0. The zero-order valence-corrected chi connectivity index (χ0v) is 13.4. The lowest BCUT2D eigenvalue weighted by atomic mass is 9.75. The monoisotopic (exact) mass is 325 g/mol. The van der Waals surface area contributed by atoms with Crippen LogP contribution in [0, 0.1) is 5.92 Å². The molecule has 0 aromatic carbocycles. The molecule has 124 valence electrons. The summed E-state index contributed by atoms with van der Waals surface area (Å²) in [5.41, 5.74) is 0.531. The third kappa shape index (κ3) is 2.06. The van der Waals surface area contributed by atoms with E-state index in [2.05, 4.69) is 9.88 Å². The zero-order valence-electron chi connectivity index (χ0n) is 13.4. The summed E-state index contributed by atoms with van der Waals surface area (Å²) in [6, 6.07) is 7.52.